The molecule has 1 amide bonds. The van der Waals surface area contributed by atoms with Crippen LogP contribution in [-0.2, 0) is 4.79 Å². The third kappa shape index (κ3) is 3.93. The van der Waals surface area contributed by atoms with Crippen LogP contribution in [-0.4, -0.2) is 30.4 Å². The van der Waals surface area contributed by atoms with Crippen LogP contribution in [0.2, 0.25) is 0 Å². The van der Waals surface area contributed by atoms with Crippen molar-refractivity contribution in [2.24, 2.45) is 0 Å². The standard InChI is InChI=1S/C13H20N2O/c1-3-15(4-2)13(16)10-11-14-12-8-6-5-7-9-12/h5-9,14H,3-4,10-11H2,1-2H3. The lowest BCUT2D eigenvalue weighted by Gasteiger charge is -2.18. The Morgan fingerprint density at radius 3 is 2.38 bits per heavy atom. The number of rotatable bonds is 6. The van der Waals surface area contributed by atoms with Gasteiger partial charge in [0.1, 0.15) is 0 Å². The summed E-state index contributed by atoms with van der Waals surface area (Å²) in [4.78, 5) is 13.5. The highest BCUT2D eigenvalue weighted by molar-refractivity contribution is 5.76. The van der Waals surface area contributed by atoms with Crippen LogP contribution in [0.15, 0.2) is 30.3 Å². The van der Waals surface area contributed by atoms with Gasteiger partial charge in [0, 0.05) is 31.7 Å². The van der Waals surface area contributed by atoms with Crippen LogP contribution in [0, 0.1) is 0 Å². The molecule has 0 aliphatic carbocycles. The number of nitrogens with zero attached hydrogens (tertiary/aromatic N) is 1. The number of benzene rings is 1. The molecule has 0 saturated carbocycles. The molecule has 0 aliphatic heterocycles. The highest BCUT2D eigenvalue weighted by Crippen LogP contribution is 2.05. The number of carbonyl (C=O) groups is 1. The highest BCUT2D eigenvalue weighted by atomic mass is 16.2. The van der Waals surface area contributed by atoms with Crippen LogP contribution >= 0.6 is 0 Å². The van der Waals surface area contributed by atoms with Gasteiger partial charge in [-0.3, -0.25) is 4.79 Å². The number of para-hydroxylation sites is 1. The molecule has 0 radical (unpaired) electrons. The summed E-state index contributed by atoms with van der Waals surface area (Å²) in [5, 5.41) is 3.23. The highest BCUT2D eigenvalue weighted by Gasteiger charge is 2.07. The molecule has 1 rings (SSSR count). The van der Waals surface area contributed by atoms with E-state index in [-0.39, 0.29) is 5.91 Å². The van der Waals surface area contributed by atoms with Crippen LogP contribution in [0.1, 0.15) is 20.3 Å². The van der Waals surface area contributed by atoms with E-state index in [0.29, 0.717) is 13.0 Å². The lowest BCUT2D eigenvalue weighted by Crippen LogP contribution is -2.31. The van der Waals surface area contributed by atoms with E-state index in [2.05, 4.69) is 5.32 Å². The van der Waals surface area contributed by atoms with Gasteiger partial charge in [-0.05, 0) is 26.0 Å². The number of carbonyl (C=O) groups excluding carboxylic acids is 1. The van der Waals surface area contributed by atoms with Gasteiger partial charge in [-0.15, -0.1) is 0 Å². The van der Waals surface area contributed by atoms with Crippen molar-refractivity contribution in [3.8, 4) is 0 Å². The molecule has 16 heavy (non-hydrogen) atoms. The molecular weight excluding hydrogens is 200 g/mol. The average Bonchev–Trinajstić information content (AvgIpc) is 2.32. The second-order valence-electron chi connectivity index (χ2n) is 3.61. The Hall–Kier alpha value is -1.51. The van der Waals surface area contributed by atoms with E-state index in [9.17, 15) is 4.79 Å². The zero-order chi connectivity index (χ0) is 11.8. The Bertz CT molecular complexity index is 307. The maximum atomic E-state index is 11.7. The number of nitrogens with one attached hydrogen (secondary N) is 1. The van der Waals surface area contributed by atoms with Crippen LogP contribution < -0.4 is 5.32 Å². The quantitative estimate of drug-likeness (QED) is 0.798. The Balaban J connectivity index is 2.28. The van der Waals surface area contributed by atoms with Gasteiger partial charge < -0.3 is 10.2 Å². The van der Waals surface area contributed by atoms with Gasteiger partial charge in [-0.1, -0.05) is 18.2 Å². The Morgan fingerprint density at radius 1 is 1.19 bits per heavy atom. The number of amides is 1. The fraction of sp³-hybridized carbons (Fsp3) is 0.462. The number of anilines is 1. The monoisotopic (exact) mass is 220 g/mol. The summed E-state index contributed by atoms with van der Waals surface area (Å²) in [6.07, 6.45) is 0.552. The van der Waals surface area contributed by atoms with Gasteiger partial charge in [-0.2, -0.15) is 0 Å². The second kappa shape index (κ2) is 6.88. The molecule has 1 aromatic carbocycles. The SMILES string of the molecule is CCN(CC)C(=O)CCNc1ccccc1. The van der Waals surface area contributed by atoms with Gasteiger partial charge >= 0.3 is 0 Å². The molecule has 0 aromatic heterocycles. The van der Waals surface area contributed by atoms with Gasteiger partial charge in [0.2, 0.25) is 5.91 Å². The summed E-state index contributed by atoms with van der Waals surface area (Å²) in [6, 6.07) is 9.94. The zero-order valence-electron chi connectivity index (χ0n) is 10.1. The molecular formula is C13H20N2O. The van der Waals surface area contributed by atoms with Crippen molar-refractivity contribution in [3.05, 3.63) is 30.3 Å². The van der Waals surface area contributed by atoms with E-state index in [4.69, 9.17) is 0 Å². The van der Waals surface area contributed by atoms with E-state index < -0.39 is 0 Å². The van der Waals surface area contributed by atoms with Crippen molar-refractivity contribution in [1.29, 1.82) is 0 Å². The Kier molecular flexibility index (Phi) is 5.40. The summed E-state index contributed by atoms with van der Waals surface area (Å²) < 4.78 is 0. The molecule has 88 valence electrons. The molecule has 0 fully saturated rings. The third-order valence-corrected chi connectivity index (χ3v) is 2.56. The van der Waals surface area contributed by atoms with Crippen LogP contribution in [0.3, 0.4) is 0 Å². The van der Waals surface area contributed by atoms with Crippen molar-refractivity contribution in [2.75, 3.05) is 25.0 Å². The molecule has 0 atom stereocenters. The van der Waals surface area contributed by atoms with Gasteiger partial charge in [-0.25, -0.2) is 0 Å². The molecule has 0 saturated heterocycles. The normalized spacial score (nSPS) is 9.88. The first kappa shape index (κ1) is 12.6. The summed E-state index contributed by atoms with van der Waals surface area (Å²) in [6.45, 7) is 6.29. The molecule has 0 spiro atoms. The Labute approximate surface area is 97.5 Å². The first-order valence-electron chi connectivity index (χ1n) is 5.84. The predicted molar refractivity (Wildman–Crippen MR) is 67.5 cm³/mol. The van der Waals surface area contributed by atoms with E-state index >= 15 is 0 Å². The van der Waals surface area contributed by atoms with Crippen molar-refractivity contribution in [3.63, 3.8) is 0 Å². The lowest BCUT2D eigenvalue weighted by atomic mass is 10.3. The van der Waals surface area contributed by atoms with Gasteiger partial charge in [0.15, 0.2) is 0 Å². The number of hydrogen-bond acceptors (Lipinski definition) is 2. The molecule has 1 N–H and O–H groups in total. The fourth-order valence-electron chi connectivity index (χ4n) is 1.60. The fourth-order valence-corrected chi connectivity index (χ4v) is 1.60. The molecule has 0 aliphatic rings. The van der Waals surface area contributed by atoms with E-state index in [1.54, 1.807) is 0 Å². The molecule has 1 aromatic rings. The summed E-state index contributed by atoms with van der Waals surface area (Å²) >= 11 is 0. The van der Waals surface area contributed by atoms with E-state index in [1.807, 2.05) is 49.1 Å². The summed E-state index contributed by atoms with van der Waals surface area (Å²) in [5.74, 6) is 0.216. The molecule has 3 nitrogen and oxygen atoms in total. The average molecular weight is 220 g/mol. The van der Waals surface area contributed by atoms with E-state index in [1.165, 1.54) is 0 Å². The summed E-state index contributed by atoms with van der Waals surface area (Å²) in [7, 11) is 0. The van der Waals surface area contributed by atoms with Crippen molar-refractivity contribution < 1.29 is 4.79 Å². The van der Waals surface area contributed by atoms with Gasteiger partial charge in [0.05, 0.1) is 0 Å². The van der Waals surface area contributed by atoms with Crippen molar-refractivity contribution in [2.45, 2.75) is 20.3 Å². The zero-order valence-corrected chi connectivity index (χ0v) is 10.1. The van der Waals surface area contributed by atoms with Gasteiger partial charge in [0.25, 0.3) is 0 Å². The molecule has 0 bridgehead atoms. The molecule has 0 heterocycles. The third-order valence-electron chi connectivity index (χ3n) is 2.56. The minimum absolute atomic E-state index is 0.216. The first-order chi connectivity index (χ1) is 7.77. The van der Waals surface area contributed by atoms with Crippen LogP contribution in [0.25, 0.3) is 0 Å². The maximum absolute atomic E-state index is 11.7. The lowest BCUT2D eigenvalue weighted by molar-refractivity contribution is -0.130. The van der Waals surface area contributed by atoms with Crippen LogP contribution in [0.5, 0.6) is 0 Å². The molecule has 3 heteroatoms. The van der Waals surface area contributed by atoms with Crippen molar-refractivity contribution >= 4 is 11.6 Å². The minimum Gasteiger partial charge on any atom is -0.385 e. The van der Waals surface area contributed by atoms with Crippen molar-refractivity contribution in [1.82, 2.24) is 4.90 Å². The smallest absolute Gasteiger partial charge is 0.224 e. The van der Waals surface area contributed by atoms with Crippen LogP contribution in [0.4, 0.5) is 5.69 Å². The molecule has 0 unspecified atom stereocenters. The largest absolute Gasteiger partial charge is 0.385 e. The van der Waals surface area contributed by atoms with E-state index in [0.717, 1.165) is 18.8 Å². The first-order valence-corrected chi connectivity index (χ1v) is 5.84. The number of hydrogen-bond donors (Lipinski definition) is 1. The minimum atomic E-state index is 0.216. The second-order valence-corrected chi connectivity index (χ2v) is 3.61. The Morgan fingerprint density at radius 2 is 1.81 bits per heavy atom. The predicted octanol–water partition coefficient (Wildman–Crippen LogP) is 2.36. The maximum Gasteiger partial charge on any atom is 0.224 e. The topological polar surface area (TPSA) is 32.3 Å². The summed E-state index contributed by atoms with van der Waals surface area (Å²) in [5.41, 5.74) is 1.06.